The fourth-order valence-electron chi connectivity index (χ4n) is 5.02. The molecule has 0 unspecified atom stereocenters. The van der Waals surface area contributed by atoms with Crippen molar-refractivity contribution in [2.45, 2.75) is 96.3 Å². The number of hydrogen-bond donors (Lipinski definition) is 3. The van der Waals surface area contributed by atoms with Gasteiger partial charge in [-0.05, 0) is 54.9 Å². The lowest BCUT2D eigenvalue weighted by atomic mass is 10.0. The number of nitrogens with two attached hydrogens (primary N) is 1. The van der Waals surface area contributed by atoms with Gasteiger partial charge in [0.2, 0.25) is 5.91 Å². The van der Waals surface area contributed by atoms with Crippen molar-refractivity contribution in [3.63, 3.8) is 0 Å². The van der Waals surface area contributed by atoms with E-state index in [1.807, 2.05) is 33.8 Å². The zero-order chi connectivity index (χ0) is 33.6. The number of sulfone groups is 1. The summed E-state index contributed by atoms with van der Waals surface area (Å²) in [6, 6.07) is 9.39. The van der Waals surface area contributed by atoms with Gasteiger partial charge < -0.3 is 25.8 Å². The standard InChI is InChI=1S/C33H49F2N3O6S/c1-5-10-28(11-6-2)45(42,43)22-30(37-33(41)44-21-24-12-8-7-9-13-24)32(40)38(15-14-23(3)4)20-31(39)29(36)18-25-16-26(34)19-27(35)17-25/h7-9,12-13,16-17,19,23,28-31,39H,5-6,10-11,14-15,18,20-22,36H2,1-4H3,(H,37,41)/t29-,30+,31+/m0/s1. The fourth-order valence-corrected chi connectivity index (χ4v) is 7.17. The van der Waals surface area contributed by atoms with Gasteiger partial charge in [-0.15, -0.1) is 0 Å². The fraction of sp³-hybridized carbons (Fsp3) is 0.576. The van der Waals surface area contributed by atoms with Crippen molar-refractivity contribution in [1.82, 2.24) is 10.2 Å². The molecule has 0 aliphatic rings. The van der Waals surface area contributed by atoms with Crippen molar-refractivity contribution < 1.29 is 36.6 Å². The van der Waals surface area contributed by atoms with E-state index in [9.17, 15) is 31.9 Å². The van der Waals surface area contributed by atoms with Crippen LogP contribution in [0.5, 0.6) is 0 Å². The van der Waals surface area contributed by atoms with E-state index in [0.29, 0.717) is 37.7 Å². The number of benzene rings is 2. The van der Waals surface area contributed by atoms with Crippen molar-refractivity contribution in [3.8, 4) is 0 Å². The molecule has 0 saturated heterocycles. The first kappa shape index (κ1) is 38.1. The van der Waals surface area contributed by atoms with Crippen LogP contribution in [0.3, 0.4) is 0 Å². The molecule has 0 spiro atoms. The Labute approximate surface area is 266 Å². The average molecular weight is 654 g/mol. The Morgan fingerprint density at radius 2 is 1.58 bits per heavy atom. The maximum atomic E-state index is 14.0. The number of nitrogens with one attached hydrogen (secondary N) is 1. The third-order valence-electron chi connectivity index (χ3n) is 7.51. The zero-order valence-corrected chi connectivity index (χ0v) is 27.6. The summed E-state index contributed by atoms with van der Waals surface area (Å²) in [7, 11) is -3.84. The summed E-state index contributed by atoms with van der Waals surface area (Å²) in [6.45, 7) is 7.46. The van der Waals surface area contributed by atoms with Gasteiger partial charge in [-0.25, -0.2) is 22.0 Å². The molecule has 2 aromatic rings. The highest BCUT2D eigenvalue weighted by Crippen LogP contribution is 2.19. The molecule has 0 fully saturated rings. The van der Waals surface area contributed by atoms with Crippen LogP contribution in [-0.4, -0.2) is 72.7 Å². The molecule has 0 saturated carbocycles. The summed E-state index contributed by atoms with van der Waals surface area (Å²) in [5.41, 5.74) is 7.15. The number of rotatable bonds is 19. The molecule has 0 bridgehead atoms. The van der Waals surface area contributed by atoms with E-state index in [1.165, 1.54) is 4.90 Å². The number of ether oxygens (including phenoxy) is 1. The maximum Gasteiger partial charge on any atom is 0.408 e. The van der Waals surface area contributed by atoms with Crippen molar-refractivity contribution in [3.05, 3.63) is 71.3 Å². The minimum absolute atomic E-state index is 0.0698. The predicted molar refractivity (Wildman–Crippen MR) is 171 cm³/mol. The van der Waals surface area contributed by atoms with E-state index in [4.69, 9.17) is 10.5 Å². The van der Waals surface area contributed by atoms with Crippen LogP contribution in [0, 0.1) is 17.6 Å². The molecule has 2 amide bonds. The lowest BCUT2D eigenvalue weighted by Crippen LogP contribution is -2.55. The normalized spacial score (nSPS) is 13.8. The summed E-state index contributed by atoms with van der Waals surface area (Å²) in [5, 5.41) is 12.8. The quantitative estimate of drug-likeness (QED) is 0.199. The summed E-state index contributed by atoms with van der Waals surface area (Å²) in [4.78, 5) is 28.2. The Morgan fingerprint density at radius 3 is 2.13 bits per heavy atom. The Bertz CT molecular complexity index is 1290. The molecule has 0 heterocycles. The number of amides is 2. The molecule has 4 N–H and O–H groups in total. The summed E-state index contributed by atoms with van der Waals surface area (Å²) in [5.74, 6) is -2.74. The lowest BCUT2D eigenvalue weighted by Gasteiger charge is -2.32. The van der Waals surface area contributed by atoms with Gasteiger partial charge in [0.1, 0.15) is 24.3 Å². The summed E-state index contributed by atoms with van der Waals surface area (Å²) < 4.78 is 59.9. The highest BCUT2D eigenvalue weighted by Gasteiger charge is 2.35. The van der Waals surface area contributed by atoms with E-state index < -0.39 is 62.7 Å². The Morgan fingerprint density at radius 1 is 0.978 bits per heavy atom. The van der Waals surface area contributed by atoms with E-state index >= 15 is 0 Å². The Balaban J connectivity index is 2.32. The lowest BCUT2D eigenvalue weighted by molar-refractivity contribution is -0.134. The minimum Gasteiger partial charge on any atom is -0.445 e. The number of carbonyl (C=O) groups excluding carboxylic acids is 2. The van der Waals surface area contributed by atoms with Gasteiger partial charge in [0, 0.05) is 25.2 Å². The first-order valence-corrected chi connectivity index (χ1v) is 17.3. The van der Waals surface area contributed by atoms with Crippen LogP contribution in [-0.2, 0) is 32.4 Å². The third kappa shape index (κ3) is 13.4. The van der Waals surface area contributed by atoms with Crippen LogP contribution in [0.2, 0.25) is 0 Å². The van der Waals surface area contributed by atoms with E-state index in [-0.39, 0.29) is 37.6 Å². The van der Waals surface area contributed by atoms with Gasteiger partial charge in [0.25, 0.3) is 0 Å². The molecule has 45 heavy (non-hydrogen) atoms. The van der Waals surface area contributed by atoms with Crippen LogP contribution in [0.25, 0.3) is 0 Å². The number of aliphatic hydroxyl groups excluding tert-OH is 1. The molecular formula is C33H49F2N3O6S. The molecule has 252 valence electrons. The van der Waals surface area contributed by atoms with Gasteiger partial charge >= 0.3 is 6.09 Å². The second-order valence-corrected chi connectivity index (χ2v) is 14.3. The van der Waals surface area contributed by atoms with Gasteiger partial charge in [0.15, 0.2) is 9.84 Å². The molecule has 0 aliphatic carbocycles. The maximum absolute atomic E-state index is 14.0. The number of carbonyl (C=O) groups is 2. The first-order valence-electron chi connectivity index (χ1n) is 15.6. The second kappa shape index (κ2) is 18.8. The second-order valence-electron chi connectivity index (χ2n) is 12.0. The monoisotopic (exact) mass is 653 g/mol. The molecule has 0 aromatic heterocycles. The highest BCUT2D eigenvalue weighted by molar-refractivity contribution is 7.92. The van der Waals surface area contributed by atoms with E-state index in [0.717, 1.165) is 18.2 Å². The van der Waals surface area contributed by atoms with Crippen LogP contribution in [0.15, 0.2) is 48.5 Å². The first-order chi connectivity index (χ1) is 21.2. The van der Waals surface area contributed by atoms with Crippen LogP contribution in [0.4, 0.5) is 13.6 Å². The molecule has 2 rings (SSSR count). The average Bonchev–Trinajstić information content (AvgIpc) is 2.97. The van der Waals surface area contributed by atoms with E-state index in [1.54, 1.807) is 24.3 Å². The number of alkyl carbamates (subject to hydrolysis) is 1. The summed E-state index contributed by atoms with van der Waals surface area (Å²) >= 11 is 0. The number of aliphatic hydroxyl groups is 1. The van der Waals surface area contributed by atoms with Gasteiger partial charge in [-0.2, -0.15) is 0 Å². The van der Waals surface area contributed by atoms with Crippen molar-refractivity contribution >= 4 is 21.8 Å². The van der Waals surface area contributed by atoms with Crippen LogP contribution >= 0.6 is 0 Å². The summed E-state index contributed by atoms with van der Waals surface area (Å²) in [6.07, 6.45) is 0.284. The van der Waals surface area contributed by atoms with E-state index in [2.05, 4.69) is 5.32 Å². The van der Waals surface area contributed by atoms with Crippen molar-refractivity contribution in [2.24, 2.45) is 11.7 Å². The zero-order valence-electron chi connectivity index (χ0n) is 26.8. The predicted octanol–water partition coefficient (Wildman–Crippen LogP) is 4.75. The molecule has 3 atom stereocenters. The molecule has 12 heteroatoms. The molecular weight excluding hydrogens is 604 g/mol. The number of nitrogens with zero attached hydrogens (tertiary/aromatic N) is 1. The van der Waals surface area contributed by atoms with Crippen LogP contribution in [0.1, 0.15) is 70.9 Å². The molecule has 9 nitrogen and oxygen atoms in total. The smallest absolute Gasteiger partial charge is 0.408 e. The Hall–Kier alpha value is -3.09. The van der Waals surface area contributed by atoms with Crippen molar-refractivity contribution in [1.29, 1.82) is 0 Å². The topological polar surface area (TPSA) is 139 Å². The highest BCUT2D eigenvalue weighted by atomic mass is 32.2. The number of hydrogen-bond acceptors (Lipinski definition) is 7. The minimum atomic E-state index is -3.84. The molecule has 2 aromatic carbocycles. The molecule has 0 radical (unpaired) electrons. The van der Waals surface area contributed by atoms with Crippen molar-refractivity contribution in [2.75, 3.05) is 18.8 Å². The van der Waals surface area contributed by atoms with Crippen LogP contribution < -0.4 is 11.1 Å². The largest absolute Gasteiger partial charge is 0.445 e. The van der Waals surface area contributed by atoms with Gasteiger partial charge in [-0.3, -0.25) is 4.79 Å². The Kier molecular flexibility index (Phi) is 15.9. The van der Waals surface area contributed by atoms with Gasteiger partial charge in [-0.1, -0.05) is 70.9 Å². The number of halogens is 2. The third-order valence-corrected chi connectivity index (χ3v) is 9.80. The van der Waals surface area contributed by atoms with Gasteiger partial charge in [0.05, 0.1) is 17.1 Å². The SMILES string of the molecule is CCCC(CCC)S(=O)(=O)C[C@@H](NC(=O)OCc1ccccc1)C(=O)N(CCC(C)C)C[C@@H](O)[C@@H](N)Cc1cc(F)cc(F)c1. The molecule has 0 aliphatic heterocycles.